The number of amides is 3. The first-order chi connectivity index (χ1) is 71.7. The number of aryl methyl sites for hydroxylation is 1. The number of fused-ring (bicyclic) bond motifs is 6. The van der Waals surface area contributed by atoms with Gasteiger partial charge in [0.15, 0.2) is 11.6 Å². The van der Waals surface area contributed by atoms with Gasteiger partial charge in [-0.25, -0.2) is 9.97 Å². The third kappa shape index (κ3) is 22.0. The predicted molar refractivity (Wildman–Crippen MR) is 567 cm³/mol. The van der Waals surface area contributed by atoms with E-state index in [4.69, 9.17) is 77.8 Å². The number of anilines is 4. The fourth-order valence-electron chi connectivity index (χ4n) is 20.1. The molecule has 6 aliphatic carbocycles. The van der Waals surface area contributed by atoms with E-state index in [1.54, 1.807) is 110 Å². The van der Waals surface area contributed by atoms with E-state index >= 15 is 0 Å². The Bertz CT molecular complexity index is 7640. The highest BCUT2D eigenvalue weighted by molar-refractivity contribution is 6.03. The summed E-state index contributed by atoms with van der Waals surface area (Å²) in [5.41, 5.74) is 21.7. The first kappa shape index (κ1) is 99.2. The fourth-order valence-corrected chi connectivity index (χ4v) is 20.1. The van der Waals surface area contributed by atoms with Crippen LogP contribution in [-0.2, 0) is 32.7 Å². The molecule has 32 heteroatoms. The third-order valence-corrected chi connectivity index (χ3v) is 28.0. The standard InChI is InChI=1S/C32H35N3O4.C29H30N6O3.C28H28N6O3.C26H28N4O3/c1-5-27(36)22-14-15-23(28(18-22)38-4)19-29-33-26-17-16-25(20-10-12-21(13-11-20)32(37)35(2)3)30(26)31(34-29)39-24-8-6-7-9-24;1-30-27(36)19-8-10-22(24(15-19)37-3)32-29-33-26-25(28(34-29)38-20-6-4-5-7-20)21(16-31-26)17-9-11-23-18(14-17)12-13-35(23)2;1-29-26(35)18-8-10-22(23(14-18)36-2)32-28-33-25-24(27(34-28)37-19-5-3-4-6-19)20(15-31-25)16-7-9-21-17(13-16)11-12-30-21;1-3-22(31)16-8-9-17(23(14-16)32-2)15-24-28-21-11-10-19(20-12-13-27-30-20)25(21)26(29-24)33-18-6-4-5-7-18/h10-16,18,24H,5-9,17,19H2,1-4H3;8-16,20H,4-7H2,1-3H3,(H,30,36)(H2,31,32,33,34);7-15,19,30H,3-6H2,1-2H3,(H,29,35)(H2,31,32,33,34);8-10,12-14,18H,3-7,11,15H2,1-2H3,(H,27,30). The Labute approximate surface area is 851 Å². The van der Waals surface area contributed by atoms with Crippen LogP contribution in [-0.4, -0.2) is 185 Å². The lowest BCUT2D eigenvalue weighted by molar-refractivity contribution is 0.0826. The Kier molecular flexibility index (Phi) is 30.2. The molecule has 754 valence electrons. The van der Waals surface area contributed by atoms with Crippen molar-refractivity contribution >= 4 is 108 Å². The molecular weight excluding hydrogens is 1860 g/mol. The number of H-pyrrole nitrogens is 4. The van der Waals surface area contributed by atoms with Crippen LogP contribution in [0.2, 0.25) is 0 Å². The molecule has 0 bridgehead atoms. The molecule has 0 radical (unpaired) electrons. The van der Waals surface area contributed by atoms with Crippen molar-refractivity contribution in [3.8, 4) is 68.8 Å². The molecule has 32 nitrogen and oxygen atoms in total. The van der Waals surface area contributed by atoms with E-state index in [2.05, 4.69) is 118 Å². The molecule has 22 rings (SSSR count). The van der Waals surface area contributed by atoms with Crippen molar-refractivity contribution in [3.05, 3.63) is 279 Å². The number of hydrogen-bond acceptors (Lipinski definition) is 24. The number of methoxy groups -OCH3 is 4. The molecule has 6 aliphatic rings. The number of benzene rings is 7. The van der Waals surface area contributed by atoms with Crippen molar-refractivity contribution in [2.75, 3.05) is 67.3 Å². The zero-order valence-corrected chi connectivity index (χ0v) is 84.6. The van der Waals surface area contributed by atoms with Gasteiger partial charge < -0.3 is 83.6 Å². The van der Waals surface area contributed by atoms with Gasteiger partial charge in [0, 0.05) is 177 Å². The number of aromatic nitrogens is 14. The third-order valence-electron chi connectivity index (χ3n) is 28.0. The number of ketones is 2. The summed E-state index contributed by atoms with van der Waals surface area (Å²) in [5, 5.41) is 22.9. The van der Waals surface area contributed by atoms with Crippen molar-refractivity contribution in [1.29, 1.82) is 0 Å². The quantitative estimate of drug-likeness (QED) is 0.0187. The number of Topliss-reactive ketones (excluding diaryl/α,β-unsaturated/α-hetero) is 2. The average Bonchev–Trinajstić information content (AvgIpc) is 1.61. The number of rotatable bonds is 31. The number of hydrogen-bond donors (Lipinski definition) is 8. The molecule has 4 saturated carbocycles. The second kappa shape index (κ2) is 44.8. The van der Waals surface area contributed by atoms with Crippen LogP contribution >= 0.6 is 0 Å². The molecule has 0 saturated heterocycles. The molecule has 9 aromatic heterocycles. The molecule has 0 spiro atoms. The van der Waals surface area contributed by atoms with Gasteiger partial charge in [0.05, 0.1) is 78.8 Å². The molecule has 0 unspecified atom stereocenters. The molecule has 8 N–H and O–H groups in total. The second-order valence-electron chi connectivity index (χ2n) is 37.8. The van der Waals surface area contributed by atoms with E-state index in [1.165, 1.54) is 23.7 Å². The summed E-state index contributed by atoms with van der Waals surface area (Å²) in [6.45, 7) is 3.71. The molecule has 7 aromatic carbocycles. The summed E-state index contributed by atoms with van der Waals surface area (Å²) >= 11 is 0. The van der Waals surface area contributed by atoms with Crippen molar-refractivity contribution in [3.63, 3.8) is 0 Å². The lowest BCUT2D eigenvalue weighted by atomic mass is 9.99. The van der Waals surface area contributed by atoms with E-state index in [9.17, 15) is 24.0 Å². The van der Waals surface area contributed by atoms with E-state index in [0.717, 1.165) is 196 Å². The van der Waals surface area contributed by atoms with E-state index in [1.807, 2.05) is 100 Å². The number of ether oxygens (including phenoxy) is 8. The van der Waals surface area contributed by atoms with Crippen LogP contribution in [0.1, 0.15) is 238 Å². The second-order valence-corrected chi connectivity index (χ2v) is 37.8. The maximum Gasteiger partial charge on any atom is 0.253 e. The summed E-state index contributed by atoms with van der Waals surface area (Å²) in [7, 11) is 15.1. The van der Waals surface area contributed by atoms with Gasteiger partial charge in [0.1, 0.15) is 70.4 Å². The monoisotopic (exact) mass is 1980 g/mol. The highest BCUT2D eigenvalue weighted by atomic mass is 16.5. The van der Waals surface area contributed by atoms with Gasteiger partial charge in [-0.05, 0) is 234 Å². The lowest BCUT2D eigenvalue weighted by Crippen LogP contribution is -2.21. The summed E-state index contributed by atoms with van der Waals surface area (Å²) in [5.74, 6) is 6.60. The Morgan fingerprint density at radius 1 is 0.435 bits per heavy atom. The summed E-state index contributed by atoms with van der Waals surface area (Å²) in [6, 6.07) is 48.1. The smallest absolute Gasteiger partial charge is 0.253 e. The molecule has 0 aliphatic heterocycles. The first-order valence-corrected chi connectivity index (χ1v) is 50.5. The Balaban J connectivity index is 0.000000124. The maximum atomic E-state index is 12.4. The molecule has 3 amide bonds. The Morgan fingerprint density at radius 2 is 0.871 bits per heavy atom. The first-order valence-electron chi connectivity index (χ1n) is 50.5. The number of carbonyl (C=O) groups is 5. The topological polar surface area (TPSA) is 395 Å². The Morgan fingerprint density at radius 3 is 1.33 bits per heavy atom. The number of nitrogens with one attached hydrogen (secondary N) is 8. The van der Waals surface area contributed by atoms with Gasteiger partial charge in [-0.15, -0.1) is 0 Å². The lowest BCUT2D eigenvalue weighted by Gasteiger charge is -2.18. The number of carbonyl (C=O) groups excluding carboxylic acids is 5. The Hall–Kier alpha value is -16.5. The van der Waals surface area contributed by atoms with Crippen molar-refractivity contribution in [2.24, 2.45) is 7.05 Å². The van der Waals surface area contributed by atoms with Crippen LogP contribution in [0.3, 0.4) is 0 Å². The molecular formula is C115H121N19O13. The van der Waals surface area contributed by atoms with Crippen LogP contribution in [0.25, 0.3) is 77.3 Å². The van der Waals surface area contributed by atoms with Gasteiger partial charge in [0.25, 0.3) is 17.7 Å². The molecule has 4 fully saturated rings. The number of nitrogens with zero attached hydrogens (tertiary/aromatic N) is 11. The van der Waals surface area contributed by atoms with E-state index < -0.39 is 0 Å². The molecule has 16 aromatic rings. The largest absolute Gasteiger partial charge is 0.496 e. The van der Waals surface area contributed by atoms with Crippen LogP contribution in [0.15, 0.2) is 195 Å². The zero-order valence-electron chi connectivity index (χ0n) is 84.6. The summed E-state index contributed by atoms with van der Waals surface area (Å²) in [6.07, 6.45) is 35.4. The van der Waals surface area contributed by atoms with Gasteiger partial charge in [-0.1, -0.05) is 74.5 Å². The zero-order chi connectivity index (χ0) is 102. The minimum Gasteiger partial charge on any atom is -0.496 e. The van der Waals surface area contributed by atoms with E-state index in [0.29, 0.717) is 153 Å². The predicted octanol–water partition coefficient (Wildman–Crippen LogP) is 21.5. The average molecular weight is 1980 g/mol. The minimum atomic E-state index is -0.188. The highest BCUT2D eigenvalue weighted by Crippen LogP contribution is 2.46. The molecule has 9 heterocycles. The van der Waals surface area contributed by atoms with Crippen molar-refractivity contribution in [1.82, 2.24) is 85.1 Å². The van der Waals surface area contributed by atoms with Crippen LogP contribution in [0.5, 0.6) is 46.5 Å². The van der Waals surface area contributed by atoms with Crippen LogP contribution in [0.4, 0.5) is 23.3 Å². The van der Waals surface area contributed by atoms with Gasteiger partial charge in [-0.3, -0.25) is 29.1 Å². The fraction of sp³-hybridized carbons (Fsp3) is 0.322. The molecule has 0 atom stereocenters. The highest BCUT2D eigenvalue weighted by Gasteiger charge is 2.34. The minimum absolute atomic E-state index is 0.0249. The van der Waals surface area contributed by atoms with Gasteiger partial charge >= 0.3 is 0 Å². The number of aromatic amines is 4. The van der Waals surface area contributed by atoms with Crippen LogP contribution < -0.4 is 59.2 Å². The summed E-state index contributed by atoms with van der Waals surface area (Å²) < 4.78 is 50.4. The maximum absolute atomic E-state index is 12.4. The van der Waals surface area contributed by atoms with Gasteiger partial charge in [0.2, 0.25) is 35.4 Å². The number of allylic oxidation sites excluding steroid dienone is 2. The van der Waals surface area contributed by atoms with Crippen LogP contribution in [0, 0.1) is 0 Å². The summed E-state index contributed by atoms with van der Waals surface area (Å²) in [4.78, 5) is 111. The SMILES string of the molecule is CCC(=O)c1ccc(Cc2nc3c(c(OC4CCCC4)n2)C(c2ccc(C(=O)N(C)C)cc2)=CC3)c(OC)c1.CCC(=O)c1ccc(Cc2nc3c(c(OC4CCCC4)n2)C(c2ccn[nH]2)=CC3)c(OC)c1.CNC(=O)c1ccc(Nc2nc(OC3CCCC3)c3c(-c4ccc5[nH]ccc5c4)c[nH]c3n2)c(OC)c1.CNC(=O)c1ccc(Nc2nc(OC3CCCC3)c3c(-c4ccc5c(ccn5C)c4)c[nH]c3n2)c(OC)c1. The van der Waals surface area contributed by atoms with Crippen molar-refractivity contribution in [2.45, 2.75) is 180 Å². The van der Waals surface area contributed by atoms with E-state index in [-0.39, 0.29) is 53.7 Å². The molecule has 147 heavy (non-hydrogen) atoms. The van der Waals surface area contributed by atoms with Crippen molar-refractivity contribution < 1.29 is 61.9 Å². The normalized spacial score (nSPS) is 14.4. The van der Waals surface area contributed by atoms with Gasteiger partial charge in [-0.2, -0.15) is 35.0 Å².